The lowest BCUT2D eigenvalue weighted by Crippen LogP contribution is -2.20. The lowest BCUT2D eigenvalue weighted by Gasteiger charge is -2.10. The maximum Gasteiger partial charge on any atom is 0.407 e. The number of cyclic esters (lactones) is 1. The summed E-state index contributed by atoms with van der Waals surface area (Å²) < 4.78 is 31.7. The molecular formula is C9H6BrF2NO2. The summed E-state index contributed by atoms with van der Waals surface area (Å²) in [5.41, 5.74) is -0.177. The highest BCUT2D eigenvalue weighted by molar-refractivity contribution is 9.10. The van der Waals surface area contributed by atoms with Crippen LogP contribution in [0.15, 0.2) is 16.6 Å². The van der Waals surface area contributed by atoms with Gasteiger partial charge in [-0.25, -0.2) is 13.6 Å². The Kier molecular flexibility index (Phi) is 2.60. The fourth-order valence-corrected chi connectivity index (χ4v) is 1.83. The summed E-state index contributed by atoms with van der Waals surface area (Å²) >= 11 is 2.97. The zero-order valence-electron chi connectivity index (χ0n) is 7.39. The van der Waals surface area contributed by atoms with Crippen LogP contribution in [0, 0.1) is 11.6 Å². The van der Waals surface area contributed by atoms with Crippen molar-refractivity contribution in [2.45, 2.75) is 6.04 Å². The average Bonchev–Trinajstić information content (AvgIpc) is 2.49. The van der Waals surface area contributed by atoms with Crippen molar-refractivity contribution < 1.29 is 18.3 Å². The van der Waals surface area contributed by atoms with E-state index in [1.165, 1.54) is 0 Å². The van der Waals surface area contributed by atoms with Crippen molar-refractivity contribution in [3.05, 3.63) is 33.8 Å². The molecule has 1 aliphatic heterocycles. The Morgan fingerprint density at radius 2 is 2.00 bits per heavy atom. The number of ether oxygens (including phenoxy) is 1. The van der Waals surface area contributed by atoms with Crippen LogP contribution in [0.3, 0.4) is 0 Å². The van der Waals surface area contributed by atoms with Crippen molar-refractivity contribution >= 4 is 22.0 Å². The van der Waals surface area contributed by atoms with Crippen LogP contribution in [-0.2, 0) is 4.74 Å². The summed E-state index contributed by atoms with van der Waals surface area (Å²) in [7, 11) is 0. The number of halogens is 3. The first-order valence-electron chi connectivity index (χ1n) is 4.15. The lowest BCUT2D eigenvalue weighted by molar-refractivity contribution is 0.176. The molecule has 0 spiro atoms. The molecule has 6 heteroatoms. The normalized spacial score (nSPS) is 19.9. The van der Waals surface area contributed by atoms with Crippen LogP contribution in [0.2, 0.25) is 0 Å². The molecule has 0 aliphatic carbocycles. The number of alkyl carbamates (subject to hydrolysis) is 1. The Bertz CT molecular complexity index is 402. The first kappa shape index (κ1) is 10.4. The molecule has 0 saturated carbocycles. The predicted octanol–water partition coefficient (Wildman–Crippen LogP) is 2.51. The molecule has 1 unspecified atom stereocenters. The number of amides is 1. The van der Waals surface area contributed by atoms with Gasteiger partial charge in [0.25, 0.3) is 0 Å². The second kappa shape index (κ2) is 3.77. The topological polar surface area (TPSA) is 38.3 Å². The van der Waals surface area contributed by atoms with Crippen molar-refractivity contribution in [1.82, 2.24) is 5.32 Å². The first-order valence-corrected chi connectivity index (χ1v) is 4.95. The van der Waals surface area contributed by atoms with Gasteiger partial charge in [-0.15, -0.1) is 0 Å². The van der Waals surface area contributed by atoms with Crippen molar-refractivity contribution in [3.8, 4) is 0 Å². The van der Waals surface area contributed by atoms with Crippen LogP contribution in [0.25, 0.3) is 0 Å². The molecule has 1 heterocycles. The van der Waals surface area contributed by atoms with Gasteiger partial charge in [0.1, 0.15) is 18.2 Å². The minimum atomic E-state index is -0.759. The van der Waals surface area contributed by atoms with E-state index >= 15 is 0 Å². The smallest absolute Gasteiger partial charge is 0.407 e. The lowest BCUT2D eigenvalue weighted by atomic mass is 10.1. The summed E-state index contributed by atoms with van der Waals surface area (Å²) in [5, 5.41) is 2.31. The Hall–Kier alpha value is -1.17. The van der Waals surface area contributed by atoms with Gasteiger partial charge in [0.2, 0.25) is 0 Å². The molecule has 1 amide bonds. The van der Waals surface area contributed by atoms with Crippen LogP contribution in [0.4, 0.5) is 13.6 Å². The predicted molar refractivity (Wildman–Crippen MR) is 51.3 cm³/mol. The van der Waals surface area contributed by atoms with Crippen LogP contribution in [0.5, 0.6) is 0 Å². The standard InChI is InChI=1S/C9H6BrF2NO2/c10-4-1-5(11)8(6(12)2-4)7-3-15-9(14)13-7/h1-2,7H,3H2,(H,13,14). The monoisotopic (exact) mass is 277 g/mol. The van der Waals surface area contributed by atoms with Crippen molar-refractivity contribution in [3.63, 3.8) is 0 Å². The summed E-state index contributed by atoms with van der Waals surface area (Å²) in [6.45, 7) is -0.0612. The van der Waals surface area contributed by atoms with Crippen LogP contribution in [0.1, 0.15) is 11.6 Å². The van der Waals surface area contributed by atoms with E-state index in [1.807, 2.05) is 0 Å². The number of rotatable bonds is 1. The van der Waals surface area contributed by atoms with Gasteiger partial charge in [0, 0.05) is 10.0 Å². The maximum atomic E-state index is 13.4. The van der Waals surface area contributed by atoms with E-state index in [0.29, 0.717) is 4.47 Å². The molecule has 0 radical (unpaired) electrons. The third-order valence-electron chi connectivity index (χ3n) is 2.07. The molecule has 0 bridgehead atoms. The Labute approximate surface area is 92.5 Å². The fourth-order valence-electron chi connectivity index (χ4n) is 1.43. The third-order valence-corrected chi connectivity index (χ3v) is 2.52. The molecule has 80 valence electrons. The maximum absolute atomic E-state index is 13.4. The van der Waals surface area contributed by atoms with E-state index in [4.69, 9.17) is 0 Å². The molecule has 1 aliphatic rings. The molecule has 15 heavy (non-hydrogen) atoms. The molecular weight excluding hydrogens is 272 g/mol. The Morgan fingerprint density at radius 1 is 1.40 bits per heavy atom. The number of hydrogen-bond acceptors (Lipinski definition) is 2. The fraction of sp³-hybridized carbons (Fsp3) is 0.222. The van der Waals surface area contributed by atoms with Gasteiger partial charge in [0.05, 0.1) is 6.04 Å². The van der Waals surface area contributed by atoms with E-state index in [9.17, 15) is 13.6 Å². The minimum Gasteiger partial charge on any atom is -0.447 e. The quantitative estimate of drug-likeness (QED) is 0.857. The molecule has 0 aromatic heterocycles. The van der Waals surface area contributed by atoms with Crippen molar-refractivity contribution in [2.75, 3.05) is 6.61 Å². The molecule has 1 atom stereocenters. The average molecular weight is 278 g/mol. The summed E-state index contributed by atoms with van der Waals surface area (Å²) in [6.07, 6.45) is -0.665. The highest BCUT2D eigenvalue weighted by Crippen LogP contribution is 2.27. The summed E-state index contributed by atoms with van der Waals surface area (Å²) in [6, 6.07) is 1.52. The second-order valence-corrected chi connectivity index (χ2v) is 3.99. The Balaban J connectivity index is 2.39. The van der Waals surface area contributed by atoms with Gasteiger partial charge in [-0.2, -0.15) is 0 Å². The van der Waals surface area contributed by atoms with Crippen molar-refractivity contribution in [2.24, 2.45) is 0 Å². The second-order valence-electron chi connectivity index (χ2n) is 3.08. The number of carbonyl (C=O) groups is 1. The van der Waals surface area contributed by atoms with Gasteiger partial charge in [0.15, 0.2) is 0 Å². The molecule has 1 saturated heterocycles. The molecule has 2 rings (SSSR count). The van der Waals surface area contributed by atoms with E-state index in [2.05, 4.69) is 26.0 Å². The number of carbonyl (C=O) groups excluding carboxylic acids is 1. The van der Waals surface area contributed by atoms with Crippen LogP contribution < -0.4 is 5.32 Å². The largest absolute Gasteiger partial charge is 0.447 e. The highest BCUT2D eigenvalue weighted by atomic mass is 79.9. The van der Waals surface area contributed by atoms with Gasteiger partial charge >= 0.3 is 6.09 Å². The summed E-state index contributed by atoms with van der Waals surface area (Å²) in [5.74, 6) is -1.42. The number of nitrogens with one attached hydrogen (secondary N) is 1. The number of hydrogen-bond donors (Lipinski definition) is 1. The first-order chi connectivity index (χ1) is 7.08. The Morgan fingerprint density at radius 3 is 2.47 bits per heavy atom. The zero-order valence-corrected chi connectivity index (χ0v) is 8.98. The van der Waals surface area contributed by atoms with Gasteiger partial charge in [-0.1, -0.05) is 15.9 Å². The molecule has 1 N–H and O–H groups in total. The van der Waals surface area contributed by atoms with E-state index in [0.717, 1.165) is 12.1 Å². The molecule has 1 fully saturated rings. The van der Waals surface area contributed by atoms with Crippen LogP contribution >= 0.6 is 15.9 Å². The highest BCUT2D eigenvalue weighted by Gasteiger charge is 2.29. The molecule has 1 aromatic carbocycles. The van der Waals surface area contributed by atoms with Gasteiger partial charge < -0.3 is 10.1 Å². The van der Waals surface area contributed by atoms with Crippen LogP contribution in [-0.4, -0.2) is 12.7 Å². The van der Waals surface area contributed by atoms with E-state index in [-0.39, 0.29) is 12.2 Å². The van der Waals surface area contributed by atoms with Crippen molar-refractivity contribution in [1.29, 1.82) is 0 Å². The van der Waals surface area contributed by atoms with E-state index < -0.39 is 23.8 Å². The third kappa shape index (κ3) is 1.94. The van der Waals surface area contributed by atoms with E-state index in [1.54, 1.807) is 0 Å². The minimum absolute atomic E-state index is 0.0612. The molecule has 1 aromatic rings. The van der Waals surface area contributed by atoms with Gasteiger partial charge in [-0.3, -0.25) is 0 Å². The number of benzene rings is 1. The molecule has 3 nitrogen and oxygen atoms in total. The summed E-state index contributed by atoms with van der Waals surface area (Å²) in [4.78, 5) is 10.7. The van der Waals surface area contributed by atoms with Gasteiger partial charge in [-0.05, 0) is 12.1 Å². The SMILES string of the molecule is O=C1NC(c2c(F)cc(Br)cc2F)CO1. The zero-order chi connectivity index (χ0) is 11.0.